The minimum absolute atomic E-state index is 0.284. The van der Waals surface area contributed by atoms with Gasteiger partial charge in [0, 0.05) is 31.5 Å². The SMILES string of the molecule is CON1CCC2(CC1)OC(=O)C(c1cc(F)ccc1F)=C2O. The van der Waals surface area contributed by atoms with Gasteiger partial charge in [-0.3, -0.25) is 0 Å². The lowest BCUT2D eigenvalue weighted by atomic mass is 9.88. The van der Waals surface area contributed by atoms with Crippen LogP contribution in [0.25, 0.3) is 5.57 Å². The van der Waals surface area contributed by atoms with Gasteiger partial charge in [-0.15, -0.1) is 0 Å². The molecule has 1 fully saturated rings. The predicted octanol–water partition coefficient (Wildman–Crippen LogP) is 2.19. The Hall–Kier alpha value is -1.99. The number of carbonyl (C=O) groups is 1. The standard InChI is InChI=1S/C15H15F2NO4/c1-21-18-6-4-15(5-7-18)13(19)12(14(20)22-15)10-8-9(16)2-3-11(10)17/h2-3,8,19H,4-7H2,1H3. The normalized spacial score (nSPS) is 21.5. The highest BCUT2D eigenvalue weighted by molar-refractivity contribution is 6.19. The van der Waals surface area contributed by atoms with Gasteiger partial charge in [0.2, 0.25) is 0 Å². The molecule has 0 unspecified atom stereocenters. The van der Waals surface area contributed by atoms with Crippen LogP contribution >= 0.6 is 0 Å². The van der Waals surface area contributed by atoms with Crippen molar-refractivity contribution in [3.8, 4) is 0 Å². The van der Waals surface area contributed by atoms with Crippen LogP contribution < -0.4 is 0 Å². The van der Waals surface area contributed by atoms with Gasteiger partial charge in [-0.2, -0.15) is 5.06 Å². The molecule has 2 aliphatic heterocycles. The van der Waals surface area contributed by atoms with E-state index in [9.17, 15) is 18.7 Å². The molecule has 118 valence electrons. The molecule has 0 saturated carbocycles. The number of aliphatic hydroxyl groups is 1. The van der Waals surface area contributed by atoms with E-state index >= 15 is 0 Å². The van der Waals surface area contributed by atoms with Crippen LogP contribution in [0.5, 0.6) is 0 Å². The predicted molar refractivity (Wildman–Crippen MR) is 72.5 cm³/mol. The Balaban J connectivity index is 2.00. The zero-order valence-corrected chi connectivity index (χ0v) is 11.9. The summed E-state index contributed by atoms with van der Waals surface area (Å²) in [4.78, 5) is 17.2. The number of halogens is 2. The van der Waals surface area contributed by atoms with Gasteiger partial charge in [0.1, 0.15) is 17.2 Å². The highest BCUT2D eigenvalue weighted by Gasteiger charge is 2.50. The fraction of sp³-hybridized carbons (Fsp3) is 0.400. The number of rotatable bonds is 2. The zero-order valence-electron chi connectivity index (χ0n) is 11.9. The third kappa shape index (κ3) is 2.26. The molecule has 5 nitrogen and oxygen atoms in total. The van der Waals surface area contributed by atoms with Gasteiger partial charge < -0.3 is 14.7 Å². The van der Waals surface area contributed by atoms with Gasteiger partial charge in [-0.25, -0.2) is 13.6 Å². The van der Waals surface area contributed by atoms with Crippen molar-refractivity contribution in [2.24, 2.45) is 0 Å². The molecular formula is C15H15F2NO4. The second-order valence-corrected chi connectivity index (χ2v) is 5.34. The summed E-state index contributed by atoms with van der Waals surface area (Å²) in [5.74, 6) is -2.66. The summed E-state index contributed by atoms with van der Waals surface area (Å²) in [6.45, 7) is 0.902. The van der Waals surface area contributed by atoms with Crippen molar-refractivity contribution < 1.29 is 28.3 Å². The van der Waals surface area contributed by atoms with E-state index in [1.54, 1.807) is 5.06 Å². The third-order valence-electron chi connectivity index (χ3n) is 4.15. The lowest BCUT2D eigenvalue weighted by molar-refractivity contribution is -0.182. The molecule has 0 aromatic heterocycles. The van der Waals surface area contributed by atoms with Crippen LogP contribution in [0.3, 0.4) is 0 Å². The summed E-state index contributed by atoms with van der Waals surface area (Å²) < 4.78 is 32.6. The Kier molecular flexibility index (Phi) is 3.62. The lowest BCUT2D eigenvalue weighted by Gasteiger charge is -2.36. The number of ether oxygens (including phenoxy) is 1. The largest absolute Gasteiger partial charge is 0.507 e. The van der Waals surface area contributed by atoms with Crippen LogP contribution in [-0.2, 0) is 14.4 Å². The van der Waals surface area contributed by atoms with E-state index in [-0.39, 0.29) is 16.9 Å². The highest BCUT2D eigenvalue weighted by Crippen LogP contribution is 2.43. The molecule has 1 saturated heterocycles. The lowest BCUT2D eigenvalue weighted by Crippen LogP contribution is -2.45. The number of hydroxylamine groups is 2. The number of hydrogen-bond donors (Lipinski definition) is 1. The molecule has 0 bridgehead atoms. The van der Waals surface area contributed by atoms with E-state index in [1.165, 1.54) is 7.11 Å². The summed E-state index contributed by atoms with van der Waals surface area (Å²) >= 11 is 0. The van der Waals surface area contributed by atoms with Crippen molar-refractivity contribution in [2.75, 3.05) is 20.2 Å². The van der Waals surface area contributed by atoms with E-state index in [2.05, 4.69) is 0 Å². The molecule has 1 aromatic carbocycles. The zero-order chi connectivity index (χ0) is 15.9. The maximum absolute atomic E-state index is 13.9. The first kappa shape index (κ1) is 14.9. The number of carbonyl (C=O) groups excluding carboxylic acids is 1. The maximum Gasteiger partial charge on any atom is 0.343 e. The van der Waals surface area contributed by atoms with E-state index < -0.39 is 23.2 Å². The molecule has 2 heterocycles. The molecule has 0 aliphatic carbocycles. The Morgan fingerprint density at radius 1 is 1.32 bits per heavy atom. The van der Waals surface area contributed by atoms with Crippen molar-refractivity contribution in [3.63, 3.8) is 0 Å². The van der Waals surface area contributed by atoms with Gasteiger partial charge in [-0.05, 0) is 18.2 Å². The first-order valence-electron chi connectivity index (χ1n) is 6.88. The number of aliphatic hydroxyl groups excluding tert-OH is 1. The number of benzene rings is 1. The highest BCUT2D eigenvalue weighted by atomic mass is 19.1. The molecule has 1 aromatic rings. The molecule has 0 atom stereocenters. The average Bonchev–Trinajstić information content (AvgIpc) is 2.74. The molecule has 22 heavy (non-hydrogen) atoms. The molecule has 0 amide bonds. The van der Waals surface area contributed by atoms with Crippen LogP contribution in [-0.4, -0.2) is 41.9 Å². The Morgan fingerprint density at radius 2 is 2.00 bits per heavy atom. The summed E-state index contributed by atoms with van der Waals surface area (Å²) in [5.41, 5.74) is -1.77. The van der Waals surface area contributed by atoms with Gasteiger partial charge in [0.25, 0.3) is 0 Å². The van der Waals surface area contributed by atoms with Crippen molar-refractivity contribution in [1.29, 1.82) is 0 Å². The third-order valence-corrected chi connectivity index (χ3v) is 4.15. The summed E-state index contributed by atoms with van der Waals surface area (Å²) in [7, 11) is 1.53. The maximum atomic E-state index is 13.9. The van der Waals surface area contributed by atoms with Gasteiger partial charge >= 0.3 is 5.97 Å². The molecular weight excluding hydrogens is 296 g/mol. The smallest absolute Gasteiger partial charge is 0.343 e. The minimum Gasteiger partial charge on any atom is -0.507 e. The van der Waals surface area contributed by atoms with Crippen molar-refractivity contribution in [3.05, 3.63) is 41.2 Å². The first-order chi connectivity index (χ1) is 10.5. The van der Waals surface area contributed by atoms with Gasteiger partial charge in [-0.1, -0.05) is 0 Å². The Bertz CT molecular complexity index is 651. The second kappa shape index (κ2) is 5.33. The van der Waals surface area contributed by atoms with E-state index in [0.717, 1.165) is 18.2 Å². The summed E-state index contributed by atoms with van der Waals surface area (Å²) in [5, 5.41) is 12.1. The van der Waals surface area contributed by atoms with Crippen LogP contribution in [0.1, 0.15) is 18.4 Å². The molecule has 3 rings (SSSR count). The number of hydrogen-bond acceptors (Lipinski definition) is 5. The number of piperidine rings is 1. The number of esters is 1. The molecule has 1 N–H and O–H groups in total. The van der Waals surface area contributed by atoms with Crippen LogP contribution in [0, 0.1) is 11.6 Å². The Morgan fingerprint density at radius 3 is 2.64 bits per heavy atom. The summed E-state index contributed by atoms with van der Waals surface area (Å²) in [6.07, 6.45) is 0.637. The van der Waals surface area contributed by atoms with Crippen molar-refractivity contribution in [2.45, 2.75) is 18.4 Å². The van der Waals surface area contributed by atoms with Crippen LogP contribution in [0.15, 0.2) is 24.0 Å². The molecule has 2 aliphatic rings. The Labute approximate surface area is 125 Å². The molecule has 0 radical (unpaired) electrons. The summed E-state index contributed by atoms with van der Waals surface area (Å²) in [6, 6.07) is 2.74. The molecule has 7 heteroatoms. The first-order valence-corrected chi connectivity index (χ1v) is 6.88. The van der Waals surface area contributed by atoms with Crippen LogP contribution in [0.4, 0.5) is 8.78 Å². The van der Waals surface area contributed by atoms with Crippen molar-refractivity contribution in [1.82, 2.24) is 5.06 Å². The second-order valence-electron chi connectivity index (χ2n) is 5.34. The monoisotopic (exact) mass is 311 g/mol. The average molecular weight is 311 g/mol. The van der Waals surface area contributed by atoms with E-state index in [4.69, 9.17) is 9.57 Å². The van der Waals surface area contributed by atoms with Crippen molar-refractivity contribution >= 4 is 11.5 Å². The van der Waals surface area contributed by atoms with Gasteiger partial charge in [0.05, 0.1) is 7.11 Å². The molecule has 1 spiro atoms. The number of nitrogens with zero attached hydrogens (tertiary/aromatic N) is 1. The topological polar surface area (TPSA) is 59.0 Å². The van der Waals surface area contributed by atoms with Gasteiger partial charge in [0.15, 0.2) is 11.4 Å². The fourth-order valence-electron chi connectivity index (χ4n) is 2.90. The van der Waals surface area contributed by atoms with Crippen LogP contribution in [0.2, 0.25) is 0 Å². The fourth-order valence-corrected chi connectivity index (χ4v) is 2.90. The van der Waals surface area contributed by atoms with E-state index in [0.29, 0.717) is 25.9 Å². The minimum atomic E-state index is -1.18. The van der Waals surface area contributed by atoms with E-state index in [1.807, 2.05) is 0 Å². The quantitative estimate of drug-likeness (QED) is 0.849.